The Bertz CT molecular complexity index is 3950. The number of benzene rings is 2. The monoisotopic (exact) mass is 944 g/mol. The topological polar surface area (TPSA) is 243 Å². The van der Waals surface area contributed by atoms with Gasteiger partial charge in [-0.2, -0.15) is 10.2 Å². The third-order valence-electron chi connectivity index (χ3n) is 11.0. The summed E-state index contributed by atoms with van der Waals surface area (Å²) < 4.78 is 33.6. The fourth-order valence-electron chi connectivity index (χ4n) is 7.61. The highest BCUT2D eigenvalue weighted by atomic mass is 19.1. The molecule has 5 N–H and O–H groups in total. The number of rotatable bonds is 9. The Morgan fingerprint density at radius 2 is 0.915 bits per heavy atom. The summed E-state index contributed by atoms with van der Waals surface area (Å²) in [5, 5.41) is 27.0. The molecule has 0 aliphatic rings. The first-order chi connectivity index (χ1) is 34.6. The van der Waals surface area contributed by atoms with Gasteiger partial charge in [0.15, 0.2) is 34.2 Å². The van der Waals surface area contributed by atoms with Gasteiger partial charge < -0.3 is 21.7 Å². The molecule has 10 aromatic heterocycles. The molecule has 2 aromatic carbocycles. The average Bonchev–Trinajstić information content (AvgIpc) is 4.19. The van der Waals surface area contributed by atoms with Crippen LogP contribution < -0.4 is 21.7 Å². The molecule has 0 unspecified atom stereocenters. The lowest BCUT2D eigenvalue weighted by Crippen LogP contribution is -2.11. The van der Waals surface area contributed by atoms with Crippen LogP contribution in [0.4, 0.5) is 32.1 Å². The summed E-state index contributed by atoms with van der Waals surface area (Å²) in [5.74, 6) is 0.369. The number of nitrogens with zero attached hydrogens (tertiary/aromatic N) is 14. The van der Waals surface area contributed by atoms with Crippen molar-refractivity contribution >= 4 is 57.7 Å². The van der Waals surface area contributed by atoms with Crippen LogP contribution in [0, 0.1) is 11.6 Å². The first kappa shape index (κ1) is 43.2. The molecule has 10 heterocycles. The minimum Gasteiger partial charge on any atom is -0.382 e. The number of pyridine rings is 2. The van der Waals surface area contributed by atoms with Crippen LogP contribution in [0.15, 0.2) is 159 Å². The van der Waals surface area contributed by atoms with Gasteiger partial charge in [-0.25, -0.2) is 46.8 Å². The minimum absolute atomic E-state index is 0.301. The van der Waals surface area contributed by atoms with Crippen molar-refractivity contribution in [1.82, 2.24) is 68.4 Å². The molecule has 0 radical (unpaired) electrons. The molecular formula is C49H34F2N18O2. The molecular weight excluding hydrogens is 911 g/mol. The molecule has 0 bridgehead atoms. The number of nitrogens with one attached hydrogen (secondary N) is 3. The van der Waals surface area contributed by atoms with Crippen molar-refractivity contribution in [2.45, 2.75) is 0 Å². The molecule has 346 valence electrons. The molecule has 0 saturated carbocycles. The predicted octanol–water partition coefficient (Wildman–Crippen LogP) is 7.41. The summed E-state index contributed by atoms with van der Waals surface area (Å²) in [7, 11) is 1.78. The van der Waals surface area contributed by atoms with E-state index in [0.717, 1.165) is 5.56 Å². The Morgan fingerprint density at radius 1 is 0.479 bits per heavy atom. The van der Waals surface area contributed by atoms with E-state index in [2.05, 4.69) is 56.2 Å². The molecule has 2 amide bonds. The Morgan fingerprint density at radius 3 is 1.38 bits per heavy atom. The van der Waals surface area contributed by atoms with Crippen molar-refractivity contribution in [3.05, 3.63) is 181 Å². The van der Waals surface area contributed by atoms with Gasteiger partial charge in [-0.1, -0.05) is 0 Å². The van der Waals surface area contributed by atoms with E-state index in [9.17, 15) is 18.4 Å². The summed E-state index contributed by atoms with van der Waals surface area (Å²) in [6.45, 7) is 0. The fraction of sp³-hybridized carbons (Fsp3) is 0.0204. The lowest BCUT2D eigenvalue weighted by molar-refractivity contribution is 0.101. The standard InChI is InChI=1S/C25H18FN9O.C24H16FN9O/c1-27-19-7-9-22-31-23(15-2-4-17(26)5-3-15)24(35(22)33-19)18-6-8-21-29-20(14-34(21)32-18)30-25(36)16-10-12-28-13-11-16;25-16-3-1-14(2-4-16)22-23(34-21(30-22)8-6-18(26)32-34)17-5-7-20-28-19(13-33(20)31-17)29-24(35)15-9-11-27-12-10-15/h2-14H,1H3,(H,27,33)(H,30,36);1-13H,(H2,26,32)(H,29,35). The highest BCUT2D eigenvalue weighted by Crippen LogP contribution is 2.34. The lowest BCUT2D eigenvalue weighted by Gasteiger charge is -2.06. The van der Waals surface area contributed by atoms with Crippen LogP contribution in [-0.2, 0) is 0 Å². The van der Waals surface area contributed by atoms with Crippen molar-refractivity contribution < 1.29 is 18.4 Å². The zero-order valence-corrected chi connectivity index (χ0v) is 36.9. The van der Waals surface area contributed by atoms with Crippen LogP contribution in [0.2, 0.25) is 0 Å². The molecule has 0 aliphatic heterocycles. The number of halogens is 2. The van der Waals surface area contributed by atoms with Gasteiger partial charge >= 0.3 is 0 Å². The Hall–Kier alpha value is -10.4. The zero-order chi connectivity index (χ0) is 48.6. The number of anilines is 4. The van der Waals surface area contributed by atoms with E-state index in [1.165, 1.54) is 24.3 Å². The molecule has 71 heavy (non-hydrogen) atoms. The fourth-order valence-corrected chi connectivity index (χ4v) is 7.61. The van der Waals surface area contributed by atoms with E-state index in [-0.39, 0.29) is 23.4 Å². The van der Waals surface area contributed by atoms with Crippen LogP contribution in [0.25, 0.3) is 67.9 Å². The summed E-state index contributed by atoms with van der Waals surface area (Å²) in [6.07, 6.45) is 9.43. The lowest BCUT2D eigenvalue weighted by atomic mass is 10.1. The number of hydrogen-bond donors (Lipinski definition) is 4. The van der Waals surface area contributed by atoms with Gasteiger partial charge in [0.25, 0.3) is 11.8 Å². The summed E-state index contributed by atoms with van der Waals surface area (Å²) in [4.78, 5) is 51.1. The largest absolute Gasteiger partial charge is 0.382 e. The van der Waals surface area contributed by atoms with E-state index < -0.39 is 0 Å². The number of fused-ring (bicyclic) bond motifs is 4. The van der Waals surface area contributed by atoms with Gasteiger partial charge in [0.1, 0.15) is 57.4 Å². The Labute approximate surface area is 398 Å². The van der Waals surface area contributed by atoms with Gasteiger partial charge in [0, 0.05) is 54.1 Å². The highest BCUT2D eigenvalue weighted by Gasteiger charge is 2.22. The molecule has 20 nitrogen and oxygen atoms in total. The predicted molar refractivity (Wildman–Crippen MR) is 259 cm³/mol. The Balaban J connectivity index is 0.000000154. The van der Waals surface area contributed by atoms with Crippen molar-refractivity contribution in [2.24, 2.45) is 0 Å². The molecule has 22 heteroatoms. The molecule has 0 saturated heterocycles. The molecule has 0 fully saturated rings. The minimum atomic E-state index is -0.347. The van der Waals surface area contributed by atoms with Gasteiger partial charge in [0.05, 0.1) is 12.4 Å². The van der Waals surface area contributed by atoms with E-state index in [1.807, 2.05) is 12.1 Å². The second kappa shape index (κ2) is 18.0. The third kappa shape index (κ3) is 8.61. The van der Waals surface area contributed by atoms with E-state index in [1.54, 1.807) is 147 Å². The smallest absolute Gasteiger partial charge is 0.256 e. The average molecular weight is 945 g/mol. The molecule has 0 aliphatic carbocycles. The van der Waals surface area contributed by atoms with Crippen molar-refractivity contribution in [1.29, 1.82) is 0 Å². The van der Waals surface area contributed by atoms with Gasteiger partial charge in [-0.15, -0.1) is 10.2 Å². The maximum atomic E-state index is 13.6. The molecule has 0 atom stereocenters. The Kier molecular flexibility index (Phi) is 11.0. The van der Waals surface area contributed by atoms with Gasteiger partial charge in [-0.05, 0) is 121 Å². The second-order valence-electron chi connectivity index (χ2n) is 15.6. The van der Waals surface area contributed by atoms with Crippen LogP contribution in [0.1, 0.15) is 20.7 Å². The number of aromatic nitrogens is 14. The normalized spacial score (nSPS) is 11.2. The maximum Gasteiger partial charge on any atom is 0.256 e. The van der Waals surface area contributed by atoms with Crippen LogP contribution in [0.3, 0.4) is 0 Å². The number of amides is 2. The van der Waals surface area contributed by atoms with Gasteiger partial charge in [-0.3, -0.25) is 19.6 Å². The maximum absolute atomic E-state index is 13.6. The second-order valence-corrected chi connectivity index (χ2v) is 15.6. The number of nitrogens with two attached hydrogens (primary N) is 1. The number of carbonyl (C=O) groups excluding carboxylic acids is 2. The number of imidazole rings is 4. The van der Waals surface area contributed by atoms with Crippen molar-refractivity contribution in [3.8, 4) is 45.3 Å². The molecule has 0 spiro atoms. The molecule has 12 rings (SSSR count). The quantitative estimate of drug-likeness (QED) is 0.110. The van der Waals surface area contributed by atoms with Crippen LogP contribution >= 0.6 is 0 Å². The zero-order valence-electron chi connectivity index (χ0n) is 36.9. The summed E-state index contributed by atoms with van der Waals surface area (Å²) in [5.41, 5.74) is 14.0. The van der Waals surface area contributed by atoms with E-state index >= 15 is 0 Å². The van der Waals surface area contributed by atoms with Crippen molar-refractivity contribution in [3.63, 3.8) is 0 Å². The summed E-state index contributed by atoms with van der Waals surface area (Å²) in [6, 6.07) is 32.8. The van der Waals surface area contributed by atoms with E-state index in [4.69, 9.17) is 15.8 Å². The molecule has 12 aromatic rings. The number of nitrogen functional groups attached to an aromatic ring is 1. The third-order valence-corrected chi connectivity index (χ3v) is 11.0. The van der Waals surface area contributed by atoms with Crippen LogP contribution in [-0.4, -0.2) is 87.2 Å². The highest BCUT2D eigenvalue weighted by molar-refractivity contribution is 6.04. The number of hydrogen-bond acceptors (Lipinski definition) is 14. The van der Waals surface area contributed by atoms with Crippen molar-refractivity contribution in [2.75, 3.05) is 28.7 Å². The van der Waals surface area contributed by atoms with E-state index in [0.29, 0.717) is 96.7 Å². The first-order valence-electron chi connectivity index (χ1n) is 21.5. The SMILES string of the molecule is CNc1ccc2nc(-c3ccc(F)cc3)c(-c3ccc4nc(NC(=O)c5ccncc5)cn4n3)n2n1.Nc1ccc2nc(-c3ccc(F)cc3)c(-c3ccc4nc(NC(=O)c5ccncc5)cn4n3)n2n1. The van der Waals surface area contributed by atoms with Gasteiger partial charge in [0.2, 0.25) is 0 Å². The number of carbonyl (C=O) groups is 2. The van der Waals surface area contributed by atoms with Crippen LogP contribution in [0.5, 0.6) is 0 Å². The first-order valence-corrected chi connectivity index (χ1v) is 21.5. The summed E-state index contributed by atoms with van der Waals surface area (Å²) >= 11 is 0.